The second-order valence-electron chi connectivity index (χ2n) is 4.05. The third-order valence-electron chi connectivity index (χ3n) is 2.59. The monoisotopic (exact) mass is 320 g/mol. The lowest BCUT2D eigenvalue weighted by Gasteiger charge is -2.10. The molecule has 0 aliphatic rings. The predicted octanol–water partition coefficient (Wildman–Crippen LogP) is 3.88. The Hall–Kier alpha value is -2.22. The van der Waals surface area contributed by atoms with Crippen LogP contribution in [0.3, 0.4) is 0 Å². The first-order valence-electron chi connectivity index (χ1n) is 5.97. The van der Waals surface area contributed by atoms with E-state index in [1.54, 1.807) is 42.5 Å². The third kappa shape index (κ3) is 3.88. The summed E-state index contributed by atoms with van der Waals surface area (Å²) < 4.78 is 5.32. The third-order valence-corrected chi connectivity index (χ3v) is 3.18. The minimum absolute atomic E-state index is 0.254. The van der Waals surface area contributed by atoms with Crippen molar-refractivity contribution in [1.29, 1.82) is 5.26 Å². The molecule has 106 valence electrons. The molecule has 2 aromatic rings. The first-order chi connectivity index (χ1) is 10.1. The SMILES string of the molecule is N#Cc1ccccc1NC(=O)COc1c(Cl)cccc1Cl. The number of halogens is 2. The van der Waals surface area contributed by atoms with E-state index < -0.39 is 5.91 Å². The summed E-state index contributed by atoms with van der Waals surface area (Å²) in [4.78, 5) is 11.8. The lowest BCUT2D eigenvalue weighted by Crippen LogP contribution is -2.20. The van der Waals surface area contributed by atoms with Gasteiger partial charge in [-0.1, -0.05) is 41.4 Å². The molecule has 0 saturated heterocycles. The zero-order valence-corrected chi connectivity index (χ0v) is 12.3. The number of anilines is 1. The fourth-order valence-corrected chi connectivity index (χ4v) is 2.14. The van der Waals surface area contributed by atoms with E-state index in [0.29, 0.717) is 21.3 Å². The molecule has 21 heavy (non-hydrogen) atoms. The van der Waals surface area contributed by atoms with Gasteiger partial charge in [0.25, 0.3) is 5.91 Å². The van der Waals surface area contributed by atoms with Crippen molar-refractivity contribution >= 4 is 34.8 Å². The fraction of sp³-hybridized carbons (Fsp3) is 0.0667. The van der Waals surface area contributed by atoms with Gasteiger partial charge in [-0.3, -0.25) is 4.79 Å². The predicted molar refractivity (Wildman–Crippen MR) is 81.7 cm³/mol. The number of ether oxygens (including phenoxy) is 1. The summed E-state index contributed by atoms with van der Waals surface area (Å²) in [6.07, 6.45) is 0. The molecule has 0 radical (unpaired) electrons. The summed E-state index contributed by atoms with van der Waals surface area (Å²) in [7, 11) is 0. The highest BCUT2D eigenvalue weighted by Crippen LogP contribution is 2.32. The van der Waals surface area contributed by atoms with E-state index in [9.17, 15) is 4.79 Å². The Kier molecular flexibility index (Phi) is 5.04. The van der Waals surface area contributed by atoms with Crippen LogP contribution in [0.2, 0.25) is 10.0 Å². The fourth-order valence-electron chi connectivity index (χ4n) is 1.63. The normalized spacial score (nSPS) is 9.76. The van der Waals surface area contributed by atoms with Crippen molar-refractivity contribution in [2.75, 3.05) is 11.9 Å². The minimum Gasteiger partial charge on any atom is -0.481 e. The molecule has 4 nitrogen and oxygen atoms in total. The van der Waals surface area contributed by atoms with E-state index in [2.05, 4.69) is 5.32 Å². The van der Waals surface area contributed by atoms with Crippen LogP contribution in [-0.4, -0.2) is 12.5 Å². The number of carbonyl (C=O) groups excluding carboxylic acids is 1. The van der Waals surface area contributed by atoms with Crippen LogP contribution in [0, 0.1) is 11.3 Å². The van der Waals surface area contributed by atoms with Crippen molar-refractivity contribution in [2.24, 2.45) is 0 Å². The van der Waals surface area contributed by atoms with Gasteiger partial charge < -0.3 is 10.1 Å². The molecule has 0 aromatic heterocycles. The molecular weight excluding hydrogens is 311 g/mol. The van der Waals surface area contributed by atoms with Crippen LogP contribution in [0.15, 0.2) is 42.5 Å². The van der Waals surface area contributed by atoms with Gasteiger partial charge in [0.1, 0.15) is 6.07 Å². The highest BCUT2D eigenvalue weighted by atomic mass is 35.5. The van der Waals surface area contributed by atoms with Crippen molar-refractivity contribution < 1.29 is 9.53 Å². The van der Waals surface area contributed by atoms with Crippen LogP contribution in [0.1, 0.15) is 5.56 Å². The summed E-state index contributed by atoms with van der Waals surface area (Å²) >= 11 is 11.9. The number of benzene rings is 2. The molecule has 0 heterocycles. The van der Waals surface area contributed by atoms with E-state index in [-0.39, 0.29) is 12.4 Å². The average Bonchev–Trinajstić information content (AvgIpc) is 2.47. The second-order valence-corrected chi connectivity index (χ2v) is 4.86. The second kappa shape index (κ2) is 6.98. The van der Waals surface area contributed by atoms with Gasteiger partial charge in [0.2, 0.25) is 0 Å². The highest BCUT2D eigenvalue weighted by molar-refractivity contribution is 6.37. The zero-order chi connectivity index (χ0) is 15.2. The number of hydrogen-bond donors (Lipinski definition) is 1. The highest BCUT2D eigenvalue weighted by Gasteiger charge is 2.11. The quantitative estimate of drug-likeness (QED) is 0.929. The van der Waals surface area contributed by atoms with Gasteiger partial charge in [-0.15, -0.1) is 0 Å². The van der Waals surface area contributed by atoms with Crippen LogP contribution < -0.4 is 10.1 Å². The summed E-state index contributed by atoms with van der Waals surface area (Å²) in [5.74, 6) is -0.154. The molecule has 6 heteroatoms. The standard InChI is InChI=1S/C15H10Cl2N2O2/c16-11-5-3-6-12(17)15(11)21-9-14(20)19-13-7-2-1-4-10(13)8-18/h1-7H,9H2,(H,19,20). The van der Waals surface area contributed by atoms with E-state index in [1.807, 2.05) is 6.07 Å². The van der Waals surface area contributed by atoms with E-state index in [4.69, 9.17) is 33.2 Å². The molecule has 0 fully saturated rings. The first kappa shape index (κ1) is 15.2. The number of rotatable bonds is 4. The number of nitrogens with one attached hydrogen (secondary N) is 1. The Balaban J connectivity index is 2.02. The molecule has 0 bridgehead atoms. The average molecular weight is 321 g/mol. The molecule has 0 saturated carbocycles. The maximum atomic E-state index is 11.8. The molecule has 0 spiro atoms. The number of amides is 1. The van der Waals surface area contributed by atoms with Gasteiger partial charge >= 0.3 is 0 Å². The maximum absolute atomic E-state index is 11.8. The van der Waals surface area contributed by atoms with Crippen molar-refractivity contribution in [2.45, 2.75) is 0 Å². The van der Waals surface area contributed by atoms with E-state index in [1.165, 1.54) is 0 Å². The molecule has 1 N–H and O–H groups in total. The van der Waals surface area contributed by atoms with Gasteiger partial charge in [0, 0.05) is 0 Å². The van der Waals surface area contributed by atoms with Crippen LogP contribution in [-0.2, 0) is 4.79 Å². The lowest BCUT2D eigenvalue weighted by molar-refractivity contribution is -0.118. The number of para-hydroxylation sites is 2. The summed E-state index contributed by atoms with van der Waals surface area (Å²) in [6, 6.07) is 13.6. The molecular formula is C15H10Cl2N2O2. The molecule has 2 rings (SSSR count). The molecule has 0 atom stereocenters. The largest absolute Gasteiger partial charge is 0.481 e. The van der Waals surface area contributed by atoms with Crippen LogP contribution in [0.5, 0.6) is 5.75 Å². The first-order valence-corrected chi connectivity index (χ1v) is 6.73. The summed E-state index contributed by atoms with van der Waals surface area (Å²) in [6.45, 7) is -0.261. The van der Waals surface area contributed by atoms with Crippen LogP contribution in [0.4, 0.5) is 5.69 Å². The summed E-state index contributed by atoms with van der Waals surface area (Å²) in [5, 5.41) is 12.2. The van der Waals surface area contributed by atoms with Crippen LogP contribution >= 0.6 is 23.2 Å². The smallest absolute Gasteiger partial charge is 0.262 e. The van der Waals surface area contributed by atoms with E-state index in [0.717, 1.165) is 0 Å². The molecule has 0 aliphatic carbocycles. The van der Waals surface area contributed by atoms with Crippen LogP contribution in [0.25, 0.3) is 0 Å². The van der Waals surface area contributed by atoms with Gasteiger partial charge in [-0.25, -0.2) is 0 Å². The minimum atomic E-state index is -0.409. The Labute approximate surface area is 131 Å². The van der Waals surface area contributed by atoms with Crippen molar-refractivity contribution in [3.05, 3.63) is 58.1 Å². The lowest BCUT2D eigenvalue weighted by atomic mass is 10.2. The van der Waals surface area contributed by atoms with Crippen molar-refractivity contribution in [1.82, 2.24) is 0 Å². The number of nitriles is 1. The Morgan fingerprint density at radius 3 is 2.48 bits per heavy atom. The van der Waals surface area contributed by atoms with E-state index >= 15 is 0 Å². The molecule has 1 amide bonds. The molecule has 2 aromatic carbocycles. The Morgan fingerprint density at radius 2 is 1.81 bits per heavy atom. The summed E-state index contributed by atoms with van der Waals surface area (Å²) in [5.41, 5.74) is 0.806. The van der Waals surface area contributed by atoms with Gasteiger partial charge in [-0.05, 0) is 24.3 Å². The number of carbonyl (C=O) groups is 1. The topological polar surface area (TPSA) is 62.1 Å². The molecule has 0 aliphatic heterocycles. The number of nitrogens with zero attached hydrogens (tertiary/aromatic N) is 1. The van der Waals surface area contributed by atoms with Gasteiger partial charge in [0.05, 0.1) is 21.3 Å². The van der Waals surface area contributed by atoms with Crippen molar-refractivity contribution in [3.63, 3.8) is 0 Å². The Bertz CT molecular complexity index is 691. The van der Waals surface area contributed by atoms with Crippen molar-refractivity contribution in [3.8, 4) is 11.8 Å². The Morgan fingerprint density at radius 1 is 1.14 bits per heavy atom. The maximum Gasteiger partial charge on any atom is 0.262 e. The number of hydrogen-bond acceptors (Lipinski definition) is 3. The molecule has 0 unspecified atom stereocenters. The van der Waals surface area contributed by atoms with Gasteiger partial charge in [0.15, 0.2) is 12.4 Å². The zero-order valence-electron chi connectivity index (χ0n) is 10.8. The van der Waals surface area contributed by atoms with Gasteiger partial charge in [-0.2, -0.15) is 5.26 Å².